The number of rotatable bonds is 9. The lowest BCUT2D eigenvalue weighted by Crippen LogP contribution is -2.30. The summed E-state index contributed by atoms with van der Waals surface area (Å²) in [5.41, 5.74) is 5.91. The molecule has 6 heteroatoms. The van der Waals surface area contributed by atoms with E-state index in [0.717, 1.165) is 18.5 Å². The maximum Gasteiger partial charge on any atom is 0.255 e. The first-order valence-corrected chi connectivity index (χ1v) is 9.33. The Hall–Kier alpha value is -2.34. The van der Waals surface area contributed by atoms with Gasteiger partial charge in [-0.1, -0.05) is 25.0 Å². The van der Waals surface area contributed by atoms with Crippen molar-refractivity contribution in [3.05, 3.63) is 35.9 Å². The van der Waals surface area contributed by atoms with Crippen LogP contribution < -0.4 is 15.8 Å². The molecule has 1 aliphatic rings. The highest BCUT2D eigenvalue weighted by Gasteiger charge is 2.08. The second kappa shape index (κ2) is 11.3. The Bertz CT molecular complexity index is 591. The zero-order chi connectivity index (χ0) is 18.6. The fourth-order valence-corrected chi connectivity index (χ4v) is 2.93. The molecule has 0 aromatic heterocycles. The molecule has 0 spiro atoms. The first-order chi connectivity index (χ1) is 12.6. The number of carbonyl (C=O) groups is 2. The molecule has 6 nitrogen and oxygen atoms in total. The largest absolute Gasteiger partial charge is 0.484 e. The summed E-state index contributed by atoms with van der Waals surface area (Å²) in [5, 5.41) is 2.92. The third-order valence-electron chi connectivity index (χ3n) is 4.34. The number of amides is 2. The average molecular weight is 359 g/mol. The third-order valence-corrected chi connectivity index (χ3v) is 4.34. The van der Waals surface area contributed by atoms with Crippen LogP contribution in [0.4, 0.5) is 0 Å². The minimum atomic E-state index is -0.513. The molecule has 3 N–H and O–H groups in total. The van der Waals surface area contributed by atoms with Crippen molar-refractivity contribution in [1.82, 2.24) is 10.2 Å². The number of primary amides is 1. The van der Waals surface area contributed by atoms with E-state index in [1.54, 1.807) is 18.2 Å². The van der Waals surface area contributed by atoms with Crippen LogP contribution in [0.25, 0.3) is 6.08 Å². The zero-order valence-electron chi connectivity index (χ0n) is 15.3. The van der Waals surface area contributed by atoms with E-state index < -0.39 is 5.91 Å². The summed E-state index contributed by atoms with van der Waals surface area (Å²) in [6.07, 6.45) is 9.54. The highest BCUT2D eigenvalue weighted by Crippen LogP contribution is 2.13. The second-order valence-corrected chi connectivity index (χ2v) is 6.56. The molecule has 1 aliphatic heterocycles. The maximum absolute atomic E-state index is 11.9. The Morgan fingerprint density at radius 3 is 2.46 bits per heavy atom. The van der Waals surface area contributed by atoms with Gasteiger partial charge in [0.15, 0.2) is 6.61 Å². The SMILES string of the molecule is NC(=O)COc1ccc(/C=C/C(=O)NCCCN2CCCCCC2)cc1. The number of hydrogen-bond acceptors (Lipinski definition) is 4. The molecule has 2 amide bonds. The molecule has 26 heavy (non-hydrogen) atoms. The van der Waals surface area contributed by atoms with Gasteiger partial charge in [0, 0.05) is 12.6 Å². The van der Waals surface area contributed by atoms with Crippen LogP contribution in [0.15, 0.2) is 30.3 Å². The molecule has 0 saturated carbocycles. The predicted molar refractivity (Wildman–Crippen MR) is 103 cm³/mol. The van der Waals surface area contributed by atoms with E-state index in [1.807, 2.05) is 12.1 Å². The zero-order valence-corrected chi connectivity index (χ0v) is 15.3. The van der Waals surface area contributed by atoms with Crippen LogP contribution in [0.3, 0.4) is 0 Å². The van der Waals surface area contributed by atoms with Crippen molar-refractivity contribution in [2.75, 3.05) is 32.8 Å². The van der Waals surface area contributed by atoms with Gasteiger partial charge in [-0.3, -0.25) is 9.59 Å². The van der Waals surface area contributed by atoms with E-state index in [1.165, 1.54) is 44.8 Å². The van der Waals surface area contributed by atoms with Gasteiger partial charge < -0.3 is 20.7 Å². The van der Waals surface area contributed by atoms with Gasteiger partial charge in [-0.25, -0.2) is 0 Å². The quantitative estimate of drug-likeness (QED) is 0.521. The summed E-state index contributed by atoms with van der Waals surface area (Å²) < 4.78 is 5.19. The van der Waals surface area contributed by atoms with Crippen molar-refractivity contribution in [3.8, 4) is 5.75 Å². The molecule has 2 rings (SSSR count). The number of carbonyl (C=O) groups excluding carboxylic acids is 2. The van der Waals surface area contributed by atoms with Crippen LogP contribution in [0.5, 0.6) is 5.75 Å². The molecule has 0 atom stereocenters. The van der Waals surface area contributed by atoms with E-state index in [2.05, 4.69) is 10.2 Å². The van der Waals surface area contributed by atoms with Gasteiger partial charge in [-0.05, 0) is 62.7 Å². The number of likely N-dealkylation sites (tertiary alicyclic amines) is 1. The molecule has 1 fully saturated rings. The smallest absolute Gasteiger partial charge is 0.255 e. The minimum Gasteiger partial charge on any atom is -0.484 e. The lowest BCUT2D eigenvalue weighted by Gasteiger charge is -2.19. The van der Waals surface area contributed by atoms with Crippen molar-refractivity contribution in [3.63, 3.8) is 0 Å². The minimum absolute atomic E-state index is 0.0880. The summed E-state index contributed by atoms with van der Waals surface area (Å²) >= 11 is 0. The van der Waals surface area contributed by atoms with Gasteiger partial charge in [0.05, 0.1) is 0 Å². The summed E-state index contributed by atoms with van der Waals surface area (Å²) in [5.74, 6) is -0.0321. The molecular weight excluding hydrogens is 330 g/mol. The highest BCUT2D eigenvalue weighted by molar-refractivity contribution is 5.91. The van der Waals surface area contributed by atoms with Crippen molar-refractivity contribution < 1.29 is 14.3 Å². The van der Waals surface area contributed by atoms with Crippen molar-refractivity contribution in [1.29, 1.82) is 0 Å². The van der Waals surface area contributed by atoms with Crippen LogP contribution in [0.1, 0.15) is 37.7 Å². The van der Waals surface area contributed by atoms with Gasteiger partial charge in [-0.2, -0.15) is 0 Å². The Balaban J connectivity index is 1.64. The summed E-state index contributed by atoms with van der Waals surface area (Å²) in [6, 6.07) is 7.11. The molecule has 0 radical (unpaired) electrons. The molecule has 1 aromatic rings. The van der Waals surface area contributed by atoms with E-state index in [0.29, 0.717) is 12.3 Å². The van der Waals surface area contributed by atoms with Gasteiger partial charge in [0.25, 0.3) is 5.91 Å². The van der Waals surface area contributed by atoms with Gasteiger partial charge in [0.2, 0.25) is 5.91 Å². The topological polar surface area (TPSA) is 84.7 Å². The molecule has 142 valence electrons. The standard InChI is InChI=1S/C20H29N3O3/c21-19(24)16-26-18-9-6-17(7-10-18)8-11-20(25)22-12-5-15-23-13-3-1-2-4-14-23/h6-11H,1-5,12-16H2,(H2,21,24)(H,22,25)/b11-8+. The number of nitrogens with zero attached hydrogens (tertiary/aromatic N) is 1. The lowest BCUT2D eigenvalue weighted by atomic mass is 10.2. The Morgan fingerprint density at radius 1 is 1.12 bits per heavy atom. The van der Waals surface area contributed by atoms with Crippen LogP contribution in [0.2, 0.25) is 0 Å². The number of nitrogens with one attached hydrogen (secondary N) is 1. The molecule has 1 heterocycles. The molecule has 0 aliphatic carbocycles. The molecule has 0 unspecified atom stereocenters. The van der Waals surface area contributed by atoms with Crippen molar-refractivity contribution in [2.24, 2.45) is 5.73 Å². The van der Waals surface area contributed by atoms with Gasteiger partial charge in [-0.15, -0.1) is 0 Å². The number of benzene rings is 1. The third kappa shape index (κ3) is 8.16. The summed E-state index contributed by atoms with van der Waals surface area (Å²) in [6.45, 7) is 3.98. The predicted octanol–water partition coefficient (Wildman–Crippen LogP) is 1.95. The number of nitrogens with two attached hydrogens (primary N) is 1. The summed E-state index contributed by atoms with van der Waals surface area (Å²) in [7, 11) is 0. The van der Waals surface area contributed by atoms with E-state index >= 15 is 0 Å². The number of hydrogen-bond donors (Lipinski definition) is 2. The lowest BCUT2D eigenvalue weighted by molar-refractivity contribution is -0.120. The average Bonchev–Trinajstić information content (AvgIpc) is 2.91. The van der Waals surface area contributed by atoms with E-state index in [-0.39, 0.29) is 12.5 Å². The Labute approximate surface area is 155 Å². The van der Waals surface area contributed by atoms with Crippen LogP contribution in [-0.4, -0.2) is 49.5 Å². The van der Waals surface area contributed by atoms with E-state index in [4.69, 9.17) is 10.5 Å². The monoisotopic (exact) mass is 359 g/mol. The molecule has 1 aromatic carbocycles. The maximum atomic E-state index is 11.9. The number of ether oxygens (including phenoxy) is 1. The second-order valence-electron chi connectivity index (χ2n) is 6.56. The molecule has 1 saturated heterocycles. The van der Waals surface area contributed by atoms with E-state index in [9.17, 15) is 9.59 Å². The van der Waals surface area contributed by atoms with Crippen molar-refractivity contribution >= 4 is 17.9 Å². The first kappa shape index (κ1) is 20.0. The van der Waals surface area contributed by atoms with Gasteiger partial charge in [0.1, 0.15) is 5.75 Å². The first-order valence-electron chi connectivity index (χ1n) is 9.33. The van der Waals surface area contributed by atoms with Crippen LogP contribution in [0, 0.1) is 0 Å². The molecule has 0 bridgehead atoms. The molecular formula is C20H29N3O3. The fourth-order valence-electron chi connectivity index (χ4n) is 2.93. The Morgan fingerprint density at radius 2 is 1.81 bits per heavy atom. The van der Waals surface area contributed by atoms with Gasteiger partial charge >= 0.3 is 0 Å². The van der Waals surface area contributed by atoms with Crippen LogP contribution in [-0.2, 0) is 9.59 Å². The van der Waals surface area contributed by atoms with Crippen LogP contribution >= 0.6 is 0 Å². The fraction of sp³-hybridized carbons (Fsp3) is 0.500. The Kier molecular flexibility index (Phi) is 8.69. The van der Waals surface area contributed by atoms with Crippen molar-refractivity contribution in [2.45, 2.75) is 32.1 Å². The highest BCUT2D eigenvalue weighted by atomic mass is 16.5. The normalized spacial score (nSPS) is 15.5. The summed E-state index contributed by atoms with van der Waals surface area (Å²) in [4.78, 5) is 25.0.